The molecule has 0 saturated heterocycles. The van der Waals surface area contributed by atoms with E-state index in [9.17, 15) is 0 Å². The summed E-state index contributed by atoms with van der Waals surface area (Å²) in [6.07, 6.45) is 11.8. The van der Waals surface area contributed by atoms with Crippen molar-refractivity contribution < 1.29 is 0 Å². The van der Waals surface area contributed by atoms with Crippen LogP contribution in [-0.4, -0.2) is 27.2 Å². The second-order valence-corrected chi connectivity index (χ2v) is 5.58. The molecule has 0 heterocycles. The van der Waals surface area contributed by atoms with Crippen molar-refractivity contribution in [2.24, 2.45) is 0 Å². The molecule has 0 aliphatic carbocycles. The van der Waals surface area contributed by atoms with Crippen LogP contribution in [-0.2, 0) is 0 Å². The summed E-state index contributed by atoms with van der Waals surface area (Å²) in [5.74, 6) is 5.28. The Kier molecular flexibility index (Phi) is 5.73. The Bertz CT molecular complexity index is 636. The predicted molar refractivity (Wildman–Crippen MR) is 99.9 cm³/mol. The third-order valence-corrected chi connectivity index (χ3v) is 3.94. The van der Waals surface area contributed by atoms with E-state index < -0.39 is 0 Å². The first-order valence-electron chi connectivity index (χ1n) is 7.69. The van der Waals surface area contributed by atoms with Gasteiger partial charge in [0.15, 0.2) is 0 Å². The molecule has 2 aromatic rings. The molecule has 0 spiro atoms. The molecule has 0 bridgehead atoms. The van der Waals surface area contributed by atoms with Gasteiger partial charge in [-0.1, -0.05) is 11.8 Å². The molecule has 2 aromatic carbocycles. The number of nitrogens with zero attached hydrogens (tertiary/aromatic N) is 2. The predicted octanol–water partition coefficient (Wildman–Crippen LogP) is 3.61. The third kappa shape index (κ3) is 4.56. The first kappa shape index (κ1) is 16.5. The molecular formula is C21H22N2. The van der Waals surface area contributed by atoms with Gasteiger partial charge < -0.3 is 9.80 Å². The van der Waals surface area contributed by atoms with Crippen molar-refractivity contribution >= 4 is 11.4 Å². The van der Waals surface area contributed by atoms with Gasteiger partial charge in [-0.15, -0.1) is 12.8 Å². The van der Waals surface area contributed by atoms with E-state index in [0.29, 0.717) is 0 Å². The van der Waals surface area contributed by atoms with Crippen molar-refractivity contribution in [1.29, 1.82) is 0 Å². The van der Waals surface area contributed by atoms with Gasteiger partial charge in [-0.3, -0.25) is 0 Å². The Morgan fingerprint density at radius 2 is 1.04 bits per heavy atom. The van der Waals surface area contributed by atoms with E-state index in [2.05, 4.69) is 60.0 Å². The molecule has 0 fully saturated rings. The smallest absolute Gasteiger partial charge is 0.0364 e. The molecule has 0 unspecified atom stereocenters. The highest BCUT2D eigenvalue weighted by Crippen LogP contribution is 2.16. The van der Waals surface area contributed by atoms with Gasteiger partial charge in [-0.05, 0) is 55.0 Å². The highest BCUT2D eigenvalue weighted by Gasteiger charge is 2.04. The molecule has 2 heteroatoms. The van der Waals surface area contributed by atoms with Crippen LogP contribution in [0.2, 0.25) is 0 Å². The summed E-state index contributed by atoms with van der Waals surface area (Å²) in [5, 5.41) is 0. The zero-order valence-corrected chi connectivity index (χ0v) is 13.8. The van der Waals surface area contributed by atoms with Gasteiger partial charge in [-0.2, -0.15) is 0 Å². The molecule has 0 atom stereocenters. The lowest BCUT2D eigenvalue weighted by Gasteiger charge is -2.23. The minimum absolute atomic E-state index is 0.914. The van der Waals surface area contributed by atoms with Gasteiger partial charge in [0.05, 0.1) is 0 Å². The van der Waals surface area contributed by atoms with Crippen LogP contribution in [0.25, 0.3) is 0 Å². The van der Waals surface area contributed by atoms with E-state index >= 15 is 0 Å². The largest absolute Gasteiger partial charge is 0.375 e. The maximum atomic E-state index is 5.38. The molecule has 23 heavy (non-hydrogen) atoms. The van der Waals surface area contributed by atoms with E-state index in [1.807, 2.05) is 24.3 Å². The number of terminal acetylenes is 2. The standard InChI is InChI=1S/C21H22N2/c1-5-18-8-12-20(13-9-18)22(3)16-7-17-23(4)21-14-10-19(6-2)11-15-21/h1-2,8-15H,7,16-17H2,3-4H3. The number of hydrogen-bond acceptors (Lipinski definition) is 2. The molecule has 0 aliphatic heterocycles. The summed E-state index contributed by atoms with van der Waals surface area (Å²) < 4.78 is 0. The van der Waals surface area contributed by atoms with Crippen molar-refractivity contribution in [1.82, 2.24) is 0 Å². The Balaban J connectivity index is 1.83. The summed E-state index contributed by atoms with van der Waals surface area (Å²) in [6, 6.07) is 16.2. The SMILES string of the molecule is C#Cc1ccc(N(C)CCCN(C)c2ccc(C#C)cc2)cc1. The van der Waals surface area contributed by atoms with Crippen LogP contribution in [0, 0.1) is 24.7 Å². The molecule has 0 amide bonds. The molecule has 0 N–H and O–H groups in total. The van der Waals surface area contributed by atoms with Crippen molar-refractivity contribution in [3.8, 4) is 24.7 Å². The van der Waals surface area contributed by atoms with Crippen LogP contribution in [0.4, 0.5) is 11.4 Å². The van der Waals surface area contributed by atoms with Crippen molar-refractivity contribution in [3.63, 3.8) is 0 Å². The van der Waals surface area contributed by atoms with Crippen LogP contribution in [0.5, 0.6) is 0 Å². The van der Waals surface area contributed by atoms with Crippen LogP contribution in [0.15, 0.2) is 48.5 Å². The first-order chi connectivity index (χ1) is 11.1. The maximum Gasteiger partial charge on any atom is 0.0364 e. The number of rotatable bonds is 6. The molecule has 0 aliphatic rings. The fraction of sp³-hybridized carbons (Fsp3) is 0.238. The van der Waals surface area contributed by atoms with E-state index in [1.54, 1.807) is 0 Å². The number of anilines is 2. The minimum Gasteiger partial charge on any atom is -0.375 e. The Morgan fingerprint density at radius 1 is 0.696 bits per heavy atom. The van der Waals surface area contributed by atoms with E-state index in [0.717, 1.165) is 30.6 Å². The fourth-order valence-electron chi connectivity index (χ4n) is 2.43. The van der Waals surface area contributed by atoms with Gasteiger partial charge >= 0.3 is 0 Å². The van der Waals surface area contributed by atoms with Crippen LogP contribution < -0.4 is 9.80 Å². The lowest BCUT2D eigenvalue weighted by Crippen LogP contribution is -2.25. The average molecular weight is 302 g/mol. The summed E-state index contributed by atoms with van der Waals surface area (Å²) in [6.45, 7) is 1.98. The third-order valence-electron chi connectivity index (χ3n) is 3.94. The zero-order valence-electron chi connectivity index (χ0n) is 13.8. The number of benzene rings is 2. The van der Waals surface area contributed by atoms with Crippen LogP contribution in [0.3, 0.4) is 0 Å². The Morgan fingerprint density at radius 3 is 1.35 bits per heavy atom. The highest BCUT2D eigenvalue weighted by molar-refractivity contribution is 5.51. The lowest BCUT2D eigenvalue weighted by atomic mass is 10.2. The van der Waals surface area contributed by atoms with Crippen molar-refractivity contribution in [3.05, 3.63) is 59.7 Å². The molecule has 0 aromatic heterocycles. The summed E-state index contributed by atoms with van der Waals surface area (Å²) in [5.41, 5.74) is 4.20. The first-order valence-corrected chi connectivity index (χ1v) is 7.69. The van der Waals surface area contributed by atoms with Gasteiger partial charge in [0.25, 0.3) is 0 Å². The van der Waals surface area contributed by atoms with Crippen LogP contribution in [0.1, 0.15) is 17.5 Å². The fourth-order valence-corrected chi connectivity index (χ4v) is 2.43. The molecule has 2 rings (SSSR count). The zero-order chi connectivity index (χ0) is 16.7. The van der Waals surface area contributed by atoms with E-state index in [4.69, 9.17) is 12.8 Å². The van der Waals surface area contributed by atoms with Gasteiger partial charge in [0.1, 0.15) is 0 Å². The second-order valence-electron chi connectivity index (χ2n) is 5.58. The maximum absolute atomic E-state index is 5.38. The molecule has 0 saturated carbocycles. The molecular weight excluding hydrogens is 280 g/mol. The van der Waals surface area contributed by atoms with Crippen LogP contribution >= 0.6 is 0 Å². The summed E-state index contributed by atoms with van der Waals surface area (Å²) in [4.78, 5) is 4.49. The van der Waals surface area contributed by atoms with E-state index in [-0.39, 0.29) is 0 Å². The van der Waals surface area contributed by atoms with E-state index in [1.165, 1.54) is 11.4 Å². The molecule has 116 valence electrons. The quantitative estimate of drug-likeness (QED) is 0.752. The van der Waals surface area contributed by atoms with Gasteiger partial charge in [-0.25, -0.2) is 0 Å². The summed E-state index contributed by atoms with van der Waals surface area (Å²) in [7, 11) is 4.21. The molecule has 2 nitrogen and oxygen atoms in total. The van der Waals surface area contributed by atoms with Gasteiger partial charge in [0.2, 0.25) is 0 Å². The molecule has 0 radical (unpaired) electrons. The highest BCUT2D eigenvalue weighted by atomic mass is 15.1. The van der Waals surface area contributed by atoms with Crippen molar-refractivity contribution in [2.75, 3.05) is 37.0 Å². The number of hydrogen-bond donors (Lipinski definition) is 0. The minimum atomic E-state index is 0.914. The van der Waals surface area contributed by atoms with Crippen molar-refractivity contribution in [2.45, 2.75) is 6.42 Å². The van der Waals surface area contributed by atoms with Gasteiger partial charge in [0, 0.05) is 49.7 Å². The normalized spacial score (nSPS) is 9.74. The topological polar surface area (TPSA) is 6.48 Å². The second kappa shape index (κ2) is 7.97. The average Bonchev–Trinajstić information content (AvgIpc) is 2.61. The monoisotopic (exact) mass is 302 g/mol. The summed E-state index contributed by atoms with van der Waals surface area (Å²) >= 11 is 0. The lowest BCUT2D eigenvalue weighted by molar-refractivity contribution is 0.763. The Hall–Kier alpha value is -2.84. The Labute approximate surface area is 139 Å².